The maximum absolute atomic E-state index is 4.25. The SMILES string of the molecule is Cc1ccc(CNCCc2cnc(C)s2)s1. The normalized spacial score (nSPS) is 10.9. The quantitative estimate of drug-likeness (QED) is 0.827. The Morgan fingerprint density at radius 1 is 1.19 bits per heavy atom. The molecule has 0 saturated carbocycles. The Kier molecular flexibility index (Phi) is 4.09. The van der Waals surface area contributed by atoms with Gasteiger partial charge in [0.05, 0.1) is 5.01 Å². The van der Waals surface area contributed by atoms with Crippen LogP contribution in [0.4, 0.5) is 0 Å². The van der Waals surface area contributed by atoms with Crippen molar-refractivity contribution in [3.63, 3.8) is 0 Å². The van der Waals surface area contributed by atoms with Crippen LogP contribution in [0.1, 0.15) is 19.6 Å². The summed E-state index contributed by atoms with van der Waals surface area (Å²) in [6.45, 7) is 6.21. The van der Waals surface area contributed by atoms with Crippen LogP contribution in [0.25, 0.3) is 0 Å². The van der Waals surface area contributed by atoms with Crippen molar-refractivity contribution in [2.24, 2.45) is 0 Å². The van der Waals surface area contributed by atoms with E-state index in [0.29, 0.717) is 0 Å². The molecule has 0 aliphatic rings. The highest BCUT2D eigenvalue weighted by molar-refractivity contribution is 7.12. The fraction of sp³-hybridized carbons (Fsp3) is 0.417. The van der Waals surface area contributed by atoms with Gasteiger partial charge >= 0.3 is 0 Å². The smallest absolute Gasteiger partial charge is 0.0896 e. The monoisotopic (exact) mass is 252 g/mol. The Balaban J connectivity index is 1.69. The molecule has 0 spiro atoms. The standard InChI is InChI=1S/C12H16N2S2/c1-9-3-4-11(15-9)7-13-6-5-12-8-14-10(2)16-12/h3-4,8,13H,5-7H2,1-2H3. The van der Waals surface area contributed by atoms with Crippen LogP contribution in [0.2, 0.25) is 0 Å². The highest BCUT2D eigenvalue weighted by atomic mass is 32.1. The van der Waals surface area contributed by atoms with E-state index in [1.807, 2.05) is 17.5 Å². The molecule has 0 aliphatic carbocycles. The largest absolute Gasteiger partial charge is 0.311 e. The van der Waals surface area contributed by atoms with Gasteiger partial charge < -0.3 is 5.32 Å². The third-order valence-corrected chi connectivity index (χ3v) is 4.29. The Morgan fingerprint density at radius 3 is 2.69 bits per heavy atom. The van der Waals surface area contributed by atoms with Crippen LogP contribution in [0.15, 0.2) is 18.3 Å². The molecule has 2 rings (SSSR count). The van der Waals surface area contributed by atoms with Gasteiger partial charge in [0.15, 0.2) is 0 Å². The average Bonchev–Trinajstić information content (AvgIpc) is 2.83. The van der Waals surface area contributed by atoms with Gasteiger partial charge in [-0.15, -0.1) is 22.7 Å². The first-order valence-corrected chi connectivity index (χ1v) is 7.04. The van der Waals surface area contributed by atoms with Gasteiger partial charge in [-0.3, -0.25) is 0 Å². The molecule has 2 nitrogen and oxygen atoms in total. The van der Waals surface area contributed by atoms with E-state index < -0.39 is 0 Å². The van der Waals surface area contributed by atoms with Crippen molar-refractivity contribution in [1.29, 1.82) is 0 Å². The van der Waals surface area contributed by atoms with E-state index in [9.17, 15) is 0 Å². The van der Waals surface area contributed by atoms with E-state index >= 15 is 0 Å². The van der Waals surface area contributed by atoms with Crippen molar-refractivity contribution in [2.45, 2.75) is 26.8 Å². The number of hydrogen-bond donors (Lipinski definition) is 1. The van der Waals surface area contributed by atoms with Crippen LogP contribution < -0.4 is 5.32 Å². The second-order valence-corrected chi connectivity index (χ2v) is 6.48. The molecule has 4 heteroatoms. The first kappa shape index (κ1) is 11.8. The number of aryl methyl sites for hydroxylation is 2. The number of nitrogens with zero attached hydrogens (tertiary/aromatic N) is 1. The zero-order valence-corrected chi connectivity index (χ0v) is 11.3. The zero-order chi connectivity index (χ0) is 11.4. The summed E-state index contributed by atoms with van der Waals surface area (Å²) in [5.41, 5.74) is 0. The van der Waals surface area contributed by atoms with Crippen LogP contribution in [-0.2, 0) is 13.0 Å². The highest BCUT2D eigenvalue weighted by Gasteiger charge is 1.99. The minimum Gasteiger partial charge on any atom is -0.311 e. The Hall–Kier alpha value is -0.710. The van der Waals surface area contributed by atoms with E-state index in [1.165, 1.54) is 14.6 Å². The second kappa shape index (κ2) is 5.57. The van der Waals surface area contributed by atoms with Gasteiger partial charge in [0, 0.05) is 33.9 Å². The molecule has 0 fully saturated rings. The summed E-state index contributed by atoms with van der Waals surface area (Å²) < 4.78 is 0. The lowest BCUT2D eigenvalue weighted by atomic mass is 10.3. The lowest BCUT2D eigenvalue weighted by Gasteiger charge is -2.00. The fourth-order valence-electron chi connectivity index (χ4n) is 1.52. The van der Waals surface area contributed by atoms with Crippen molar-refractivity contribution >= 4 is 22.7 Å². The molecular formula is C12H16N2S2. The van der Waals surface area contributed by atoms with Crippen LogP contribution in [0.5, 0.6) is 0 Å². The summed E-state index contributed by atoms with van der Waals surface area (Å²) in [6.07, 6.45) is 3.06. The van der Waals surface area contributed by atoms with Crippen LogP contribution >= 0.6 is 22.7 Å². The number of rotatable bonds is 5. The van der Waals surface area contributed by atoms with E-state index in [2.05, 4.69) is 36.3 Å². The van der Waals surface area contributed by atoms with E-state index in [0.717, 1.165) is 24.5 Å². The van der Waals surface area contributed by atoms with Crippen molar-refractivity contribution < 1.29 is 0 Å². The molecule has 86 valence electrons. The van der Waals surface area contributed by atoms with Gasteiger partial charge in [0.1, 0.15) is 0 Å². The molecule has 0 radical (unpaired) electrons. The minimum atomic E-state index is 0.982. The number of hydrogen-bond acceptors (Lipinski definition) is 4. The number of nitrogens with one attached hydrogen (secondary N) is 1. The van der Waals surface area contributed by atoms with Crippen molar-refractivity contribution in [2.75, 3.05) is 6.54 Å². The highest BCUT2D eigenvalue weighted by Crippen LogP contribution is 2.15. The minimum absolute atomic E-state index is 0.982. The number of thiazole rings is 1. The topological polar surface area (TPSA) is 24.9 Å². The molecule has 2 heterocycles. The lowest BCUT2D eigenvalue weighted by molar-refractivity contribution is 0.697. The zero-order valence-electron chi connectivity index (χ0n) is 9.62. The Morgan fingerprint density at radius 2 is 2.06 bits per heavy atom. The summed E-state index contributed by atoms with van der Waals surface area (Å²) in [5.74, 6) is 0. The lowest BCUT2D eigenvalue weighted by Crippen LogP contribution is -2.15. The predicted molar refractivity (Wildman–Crippen MR) is 71.3 cm³/mol. The molecular weight excluding hydrogens is 236 g/mol. The van der Waals surface area contributed by atoms with Crippen LogP contribution in [0.3, 0.4) is 0 Å². The van der Waals surface area contributed by atoms with E-state index in [1.54, 1.807) is 11.3 Å². The van der Waals surface area contributed by atoms with Gasteiger partial charge in [-0.05, 0) is 32.4 Å². The molecule has 0 saturated heterocycles. The van der Waals surface area contributed by atoms with E-state index in [4.69, 9.17) is 0 Å². The summed E-state index contributed by atoms with van der Waals surface area (Å²) >= 11 is 3.66. The van der Waals surface area contributed by atoms with Gasteiger partial charge in [0.25, 0.3) is 0 Å². The summed E-state index contributed by atoms with van der Waals surface area (Å²) in [6, 6.07) is 4.37. The molecule has 0 aliphatic heterocycles. The first-order valence-electron chi connectivity index (χ1n) is 5.41. The van der Waals surface area contributed by atoms with Gasteiger partial charge in [0.2, 0.25) is 0 Å². The fourth-order valence-corrected chi connectivity index (χ4v) is 3.18. The molecule has 0 aromatic carbocycles. The molecule has 0 bridgehead atoms. The van der Waals surface area contributed by atoms with Crippen LogP contribution in [-0.4, -0.2) is 11.5 Å². The summed E-state index contributed by atoms with van der Waals surface area (Å²) in [7, 11) is 0. The van der Waals surface area contributed by atoms with Gasteiger partial charge in [-0.25, -0.2) is 4.98 Å². The van der Waals surface area contributed by atoms with E-state index in [-0.39, 0.29) is 0 Å². The Labute approximate surface area is 104 Å². The summed E-state index contributed by atoms with van der Waals surface area (Å²) in [4.78, 5) is 8.42. The van der Waals surface area contributed by atoms with Crippen LogP contribution in [0, 0.1) is 13.8 Å². The molecule has 0 amide bonds. The molecule has 2 aromatic rings. The van der Waals surface area contributed by atoms with Crippen molar-refractivity contribution in [3.05, 3.63) is 38.0 Å². The maximum Gasteiger partial charge on any atom is 0.0896 e. The summed E-state index contributed by atoms with van der Waals surface area (Å²) in [5, 5.41) is 4.62. The first-order chi connectivity index (χ1) is 7.74. The molecule has 16 heavy (non-hydrogen) atoms. The molecule has 1 N–H and O–H groups in total. The van der Waals surface area contributed by atoms with Gasteiger partial charge in [-0.2, -0.15) is 0 Å². The average molecular weight is 252 g/mol. The molecule has 0 atom stereocenters. The molecule has 2 aromatic heterocycles. The van der Waals surface area contributed by atoms with Crippen molar-refractivity contribution in [3.8, 4) is 0 Å². The third kappa shape index (κ3) is 3.40. The second-order valence-electron chi connectivity index (χ2n) is 3.78. The maximum atomic E-state index is 4.25. The number of aromatic nitrogens is 1. The third-order valence-electron chi connectivity index (χ3n) is 2.31. The van der Waals surface area contributed by atoms with Gasteiger partial charge in [-0.1, -0.05) is 0 Å². The molecule has 0 unspecified atom stereocenters. The Bertz CT molecular complexity index is 403. The van der Waals surface area contributed by atoms with Crippen molar-refractivity contribution in [1.82, 2.24) is 10.3 Å². The predicted octanol–water partition coefficient (Wildman–Crippen LogP) is 3.15. The number of thiophene rings is 1.